The molecule has 0 bridgehead atoms. The van der Waals surface area contributed by atoms with Crippen LogP contribution in [0.5, 0.6) is 0 Å². The molecule has 157 valence electrons. The van der Waals surface area contributed by atoms with Crippen LogP contribution < -0.4 is 0 Å². The van der Waals surface area contributed by atoms with Gasteiger partial charge in [-0.3, -0.25) is 0 Å². The van der Waals surface area contributed by atoms with E-state index in [0.29, 0.717) is 23.7 Å². The maximum Gasteiger partial charge on any atom is -0.00235 e. The normalized spacial score (nSPS) is 11.9. The molecule has 0 aliphatic carbocycles. The molecule has 1 radical (unpaired) electrons. The largest absolute Gasteiger partial charge is 0.0613 e. The minimum Gasteiger partial charge on any atom is -0.0613 e. The van der Waals surface area contributed by atoms with Gasteiger partial charge in [-0.05, 0) is 74.2 Å². The molecule has 0 nitrogen and oxygen atoms in total. The average Bonchev–Trinajstić information content (AvgIpc) is 2.72. The van der Waals surface area contributed by atoms with Gasteiger partial charge in [0.25, 0.3) is 0 Å². The first-order chi connectivity index (χ1) is 14.2. The van der Waals surface area contributed by atoms with Crippen molar-refractivity contribution in [1.29, 1.82) is 0 Å². The zero-order valence-electron chi connectivity index (χ0n) is 20.0. The van der Waals surface area contributed by atoms with Crippen LogP contribution in [0.3, 0.4) is 0 Å². The van der Waals surface area contributed by atoms with E-state index in [1.165, 1.54) is 44.5 Å². The van der Waals surface area contributed by atoms with Crippen LogP contribution in [0.2, 0.25) is 0 Å². The van der Waals surface area contributed by atoms with Gasteiger partial charge in [0.2, 0.25) is 0 Å². The highest BCUT2D eigenvalue weighted by Gasteiger charge is 2.21. The van der Waals surface area contributed by atoms with Crippen molar-refractivity contribution in [2.45, 2.75) is 79.1 Å². The van der Waals surface area contributed by atoms with Crippen LogP contribution in [0.4, 0.5) is 0 Å². The number of benzene rings is 3. The Balaban J connectivity index is 2.35. The van der Waals surface area contributed by atoms with Crippen LogP contribution in [0, 0.1) is 6.07 Å². The van der Waals surface area contributed by atoms with Crippen LogP contribution in [-0.4, -0.2) is 0 Å². The molecule has 0 fully saturated rings. The topological polar surface area (TPSA) is 0 Å². The van der Waals surface area contributed by atoms with Gasteiger partial charge in [0.05, 0.1) is 0 Å². The molecule has 3 aromatic carbocycles. The van der Waals surface area contributed by atoms with Crippen molar-refractivity contribution in [2.24, 2.45) is 0 Å². The van der Waals surface area contributed by atoms with E-state index < -0.39 is 0 Å². The Kier molecular flexibility index (Phi) is 6.86. The molecule has 3 aromatic rings. The van der Waals surface area contributed by atoms with Gasteiger partial charge in [0.15, 0.2) is 0 Å². The summed E-state index contributed by atoms with van der Waals surface area (Å²) in [6.07, 6.45) is 0. The molecule has 0 aromatic heterocycles. The third kappa shape index (κ3) is 4.24. The highest BCUT2D eigenvalue weighted by Crippen LogP contribution is 2.42. The van der Waals surface area contributed by atoms with Gasteiger partial charge < -0.3 is 0 Å². The van der Waals surface area contributed by atoms with Gasteiger partial charge in [0.1, 0.15) is 0 Å². The Labute approximate surface area is 184 Å². The van der Waals surface area contributed by atoms with E-state index in [1.807, 2.05) is 0 Å². The Morgan fingerprint density at radius 1 is 0.500 bits per heavy atom. The first kappa shape index (κ1) is 22.3. The van der Waals surface area contributed by atoms with E-state index in [2.05, 4.69) is 116 Å². The Morgan fingerprint density at radius 3 is 1.47 bits per heavy atom. The average molecular weight is 398 g/mol. The molecule has 0 heterocycles. The van der Waals surface area contributed by atoms with Crippen molar-refractivity contribution >= 4 is 0 Å². The van der Waals surface area contributed by atoms with Crippen LogP contribution in [0.25, 0.3) is 22.3 Å². The molecule has 0 unspecified atom stereocenters. The quantitative estimate of drug-likeness (QED) is 0.388. The summed E-state index contributed by atoms with van der Waals surface area (Å²) in [6.45, 7) is 18.4. The summed E-state index contributed by atoms with van der Waals surface area (Å²) in [5.74, 6) is 1.95. The minimum atomic E-state index is 0.464. The van der Waals surface area contributed by atoms with E-state index in [0.717, 1.165) is 0 Å². The van der Waals surface area contributed by atoms with Crippen molar-refractivity contribution in [2.75, 3.05) is 0 Å². The van der Waals surface area contributed by atoms with Crippen molar-refractivity contribution in [3.05, 3.63) is 82.9 Å². The maximum atomic E-state index is 3.63. The molecule has 0 atom stereocenters. The number of hydrogen-bond acceptors (Lipinski definition) is 0. The molecular weight excluding hydrogens is 360 g/mol. The lowest BCUT2D eigenvalue weighted by Gasteiger charge is -2.24. The second-order valence-corrected chi connectivity index (χ2v) is 9.69. The van der Waals surface area contributed by atoms with Gasteiger partial charge in [0, 0.05) is 0 Å². The monoisotopic (exact) mass is 397 g/mol. The summed E-state index contributed by atoms with van der Waals surface area (Å²) in [6, 6.07) is 23.7. The SMILES string of the molecule is CC(C)c1cccc(-c2[c]cccc2-c2cccc(C(C)C)c2C(C)C)c1C(C)C. The molecule has 30 heavy (non-hydrogen) atoms. The summed E-state index contributed by atoms with van der Waals surface area (Å²) in [5.41, 5.74) is 11.0. The lowest BCUT2D eigenvalue weighted by atomic mass is 9.80. The second kappa shape index (κ2) is 9.21. The molecule has 0 spiro atoms. The number of hydrogen-bond donors (Lipinski definition) is 0. The van der Waals surface area contributed by atoms with Crippen LogP contribution >= 0.6 is 0 Å². The summed E-state index contributed by atoms with van der Waals surface area (Å²) in [5, 5.41) is 0. The maximum absolute atomic E-state index is 3.63. The van der Waals surface area contributed by atoms with Gasteiger partial charge in [-0.25, -0.2) is 0 Å². The molecule has 0 heteroatoms. The zero-order valence-corrected chi connectivity index (χ0v) is 20.0. The van der Waals surface area contributed by atoms with Gasteiger partial charge in [-0.15, -0.1) is 0 Å². The third-order valence-corrected chi connectivity index (χ3v) is 6.09. The molecular formula is C30H37. The summed E-state index contributed by atoms with van der Waals surface area (Å²) < 4.78 is 0. The smallest absolute Gasteiger partial charge is 0.00235 e. The van der Waals surface area contributed by atoms with Gasteiger partial charge in [-0.2, -0.15) is 0 Å². The van der Waals surface area contributed by atoms with Crippen LogP contribution in [0.15, 0.2) is 54.6 Å². The highest BCUT2D eigenvalue weighted by molar-refractivity contribution is 5.87. The predicted octanol–water partition coefficient (Wildman–Crippen LogP) is 9.31. The molecule has 0 saturated carbocycles. The van der Waals surface area contributed by atoms with Gasteiger partial charge in [-0.1, -0.05) is 110 Å². The van der Waals surface area contributed by atoms with E-state index in [9.17, 15) is 0 Å². The third-order valence-electron chi connectivity index (χ3n) is 6.09. The summed E-state index contributed by atoms with van der Waals surface area (Å²) in [7, 11) is 0. The Morgan fingerprint density at radius 2 is 0.967 bits per heavy atom. The fraction of sp³-hybridized carbons (Fsp3) is 0.400. The van der Waals surface area contributed by atoms with Crippen LogP contribution in [-0.2, 0) is 0 Å². The van der Waals surface area contributed by atoms with E-state index in [1.54, 1.807) is 0 Å². The molecule has 0 aliphatic heterocycles. The molecule has 0 N–H and O–H groups in total. The Bertz CT molecular complexity index is 920. The van der Waals surface area contributed by atoms with Gasteiger partial charge >= 0.3 is 0 Å². The minimum absolute atomic E-state index is 0.464. The van der Waals surface area contributed by atoms with E-state index >= 15 is 0 Å². The fourth-order valence-corrected chi connectivity index (χ4v) is 4.80. The second-order valence-electron chi connectivity index (χ2n) is 9.69. The molecule has 3 rings (SSSR count). The first-order valence-electron chi connectivity index (χ1n) is 11.5. The highest BCUT2D eigenvalue weighted by atomic mass is 14.2. The Hall–Kier alpha value is -2.34. The fourth-order valence-electron chi connectivity index (χ4n) is 4.80. The lowest BCUT2D eigenvalue weighted by Crippen LogP contribution is -2.04. The van der Waals surface area contributed by atoms with Crippen molar-refractivity contribution in [3.63, 3.8) is 0 Å². The predicted molar refractivity (Wildman–Crippen MR) is 133 cm³/mol. The molecule has 0 aliphatic rings. The van der Waals surface area contributed by atoms with Crippen molar-refractivity contribution in [1.82, 2.24) is 0 Å². The lowest BCUT2D eigenvalue weighted by molar-refractivity contribution is 0.791. The standard InChI is InChI=1S/C30H37/c1-19(2)23-15-11-17-27(29(23)21(5)6)25-13-9-10-14-26(25)28-18-12-16-24(20(3)4)30(28)22(7)8/h9-13,15-22H,1-8H3. The van der Waals surface area contributed by atoms with E-state index in [4.69, 9.17) is 0 Å². The number of rotatable bonds is 6. The first-order valence-corrected chi connectivity index (χ1v) is 11.5. The summed E-state index contributed by atoms with van der Waals surface area (Å²) in [4.78, 5) is 0. The molecule has 0 saturated heterocycles. The summed E-state index contributed by atoms with van der Waals surface area (Å²) >= 11 is 0. The van der Waals surface area contributed by atoms with Crippen molar-refractivity contribution < 1.29 is 0 Å². The van der Waals surface area contributed by atoms with Crippen molar-refractivity contribution in [3.8, 4) is 22.3 Å². The zero-order chi connectivity index (χ0) is 22.0. The van der Waals surface area contributed by atoms with E-state index in [-0.39, 0.29) is 0 Å². The molecule has 0 amide bonds. The van der Waals surface area contributed by atoms with Crippen LogP contribution in [0.1, 0.15) is 101 Å².